The van der Waals surface area contributed by atoms with Crippen LogP contribution in [0.1, 0.15) is 17.2 Å². The van der Waals surface area contributed by atoms with Crippen molar-refractivity contribution in [1.82, 2.24) is 5.32 Å². The number of halogens is 2. The predicted molar refractivity (Wildman–Crippen MR) is 55.6 cm³/mol. The largest absolute Gasteiger partial charge is 0.447 e. The number of carbonyl (C=O) groups excluding carboxylic acids is 1. The first-order valence-corrected chi connectivity index (χ1v) is 4.36. The maximum atomic E-state index is 12.9. The van der Waals surface area contributed by atoms with E-state index in [1.165, 1.54) is 6.07 Å². The highest BCUT2D eigenvalue weighted by Crippen LogP contribution is 2.20. The Morgan fingerprint density at radius 2 is 2.27 bits per heavy atom. The van der Waals surface area contributed by atoms with Crippen molar-refractivity contribution >= 4 is 18.5 Å². The third-order valence-electron chi connectivity index (χ3n) is 2.26. The second-order valence-corrected chi connectivity index (χ2v) is 3.30. The Morgan fingerprint density at radius 3 is 2.80 bits per heavy atom. The van der Waals surface area contributed by atoms with Crippen LogP contribution in [0.3, 0.4) is 0 Å². The van der Waals surface area contributed by atoms with E-state index >= 15 is 0 Å². The maximum absolute atomic E-state index is 12.9. The van der Waals surface area contributed by atoms with Gasteiger partial charge in [-0.05, 0) is 24.1 Å². The second-order valence-electron chi connectivity index (χ2n) is 3.30. The number of aryl methyl sites for hydroxylation is 1. The normalized spacial score (nSPS) is 19.1. The van der Waals surface area contributed by atoms with Crippen molar-refractivity contribution in [1.29, 1.82) is 0 Å². The molecule has 0 bridgehead atoms. The lowest BCUT2D eigenvalue weighted by Gasteiger charge is -2.08. The van der Waals surface area contributed by atoms with Crippen molar-refractivity contribution in [2.24, 2.45) is 0 Å². The molecule has 1 amide bonds. The monoisotopic (exact) mass is 231 g/mol. The molecular weight excluding hydrogens is 221 g/mol. The lowest BCUT2D eigenvalue weighted by Crippen LogP contribution is -2.18. The molecule has 0 radical (unpaired) electrons. The van der Waals surface area contributed by atoms with Crippen molar-refractivity contribution in [2.75, 3.05) is 6.61 Å². The van der Waals surface area contributed by atoms with E-state index in [9.17, 15) is 9.18 Å². The van der Waals surface area contributed by atoms with Crippen LogP contribution in [0.5, 0.6) is 0 Å². The minimum absolute atomic E-state index is 0. The third-order valence-corrected chi connectivity index (χ3v) is 2.26. The number of ether oxygens (including phenoxy) is 1. The average Bonchev–Trinajstić information content (AvgIpc) is 2.57. The van der Waals surface area contributed by atoms with Crippen LogP contribution in [0, 0.1) is 12.7 Å². The summed E-state index contributed by atoms with van der Waals surface area (Å²) in [6.07, 6.45) is -0.419. The van der Waals surface area contributed by atoms with E-state index in [-0.39, 0.29) is 24.3 Å². The number of rotatable bonds is 1. The Labute approximate surface area is 93.0 Å². The zero-order chi connectivity index (χ0) is 10.1. The van der Waals surface area contributed by atoms with Gasteiger partial charge in [-0.15, -0.1) is 12.4 Å². The minimum atomic E-state index is -0.419. The lowest BCUT2D eigenvalue weighted by atomic mass is 10.1. The number of amides is 1. The molecule has 15 heavy (non-hydrogen) atoms. The lowest BCUT2D eigenvalue weighted by molar-refractivity contribution is 0.177. The smallest absolute Gasteiger partial charge is 0.407 e. The van der Waals surface area contributed by atoms with Gasteiger partial charge in [0.2, 0.25) is 0 Å². The molecule has 5 heteroatoms. The summed E-state index contributed by atoms with van der Waals surface area (Å²) in [5.41, 5.74) is 1.44. The van der Waals surface area contributed by atoms with Gasteiger partial charge in [-0.3, -0.25) is 0 Å². The fraction of sp³-hybridized carbons (Fsp3) is 0.300. The molecule has 3 nitrogen and oxygen atoms in total. The van der Waals surface area contributed by atoms with Crippen LogP contribution in [0.2, 0.25) is 0 Å². The van der Waals surface area contributed by atoms with E-state index in [0.717, 1.165) is 5.56 Å². The number of nitrogens with one attached hydrogen (secondary N) is 1. The van der Waals surface area contributed by atoms with Gasteiger partial charge in [-0.2, -0.15) is 0 Å². The molecule has 1 aromatic rings. The van der Waals surface area contributed by atoms with E-state index in [2.05, 4.69) is 5.32 Å². The van der Waals surface area contributed by atoms with E-state index < -0.39 is 6.09 Å². The molecule has 1 saturated heterocycles. The molecule has 0 spiro atoms. The Kier molecular flexibility index (Phi) is 3.52. The maximum Gasteiger partial charge on any atom is 0.407 e. The van der Waals surface area contributed by atoms with Gasteiger partial charge in [0.15, 0.2) is 0 Å². The number of cyclic esters (lactones) is 1. The van der Waals surface area contributed by atoms with Gasteiger partial charge in [0.1, 0.15) is 12.4 Å². The SMILES string of the molecule is Cc1cc([C@H]2COC(=O)N2)ccc1F.Cl. The molecule has 0 aliphatic carbocycles. The molecule has 0 unspecified atom stereocenters. The zero-order valence-electron chi connectivity index (χ0n) is 8.12. The van der Waals surface area contributed by atoms with Gasteiger partial charge in [0, 0.05) is 0 Å². The Hall–Kier alpha value is -1.29. The first kappa shape index (κ1) is 11.8. The van der Waals surface area contributed by atoms with Crippen molar-refractivity contribution in [3.63, 3.8) is 0 Å². The van der Waals surface area contributed by atoms with E-state index in [0.29, 0.717) is 12.2 Å². The first-order chi connectivity index (χ1) is 6.66. The Morgan fingerprint density at radius 1 is 1.53 bits per heavy atom. The number of carbonyl (C=O) groups is 1. The quantitative estimate of drug-likeness (QED) is 0.806. The van der Waals surface area contributed by atoms with Crippen LogP contribution < -0.4 is 5.32 Å². The molecule has 1 N–H and O–H groups in total. The van der Waals surface area contributed by atoms with Crippen molar-refractivity contribution in [3.05, 3.63) is 35.1 Å². The molecule has 2 rings (SSSR count). The molecule has 1 fully saturated rings. The van der Waals surface area contributed by atoms with Gasteiger partial charge < -0.3 is 10.1 Å². The fourth-order valence-electron chi connectivity index (χ4n) is 1.45. The molecule has 1 aliphatic heterocycles. The van der Waals surface area contributed by atoms with E-state index in [4.69, 9.17) is 4.74 Å². The van der Waals surface area contributed by atoms with Gasteiger partial charge >= 0.3 is 6.09 Å². The minimum Gasteiger partial charge on any atom is -0.447 e. The fourth-order valence-corrected chi connectivity index (χ4v) is 1.45. The van der Waals surface area contributed by atoms with Crippen LogP contribution in [0.4, 0.5) is 9.18 Å². The molecular formula is C10H11ClFNO2. The van der Waals surface area contributed by atoms with Crippen LogP contribution >= 0.6 is 12.4 Å². The van der Waals surface area contributed by atoms with Gasteiger partial charge in [0.05, 0.1) is 6.04 Å². The van der Waals surface area contributed by atoms with Gasteiger partial charge in [0.25, 0.3) is 0 Å². The summed E-state index contributed by atoms with van der Waals surface area (Å²) < 4.78 is 17.7. The predicted octanol–water partition coefficient (Wildman–Crippen LogP) is 2.34. The van der Waals surface area contributed by atoms with Crippen molar-refractivity contribution < 1.29 is 13.9 Å². The molecule has 0 aromatic heterocycles. The summed E-state index contributed by atoms with van der Waals surface area (Å²) in [5, 5.41) is 2.63. The number of alkyl carbamates (subject to hydrolysis) is 1. The summed E-state index contributed by atoms with van der Waals surface area (Å²) in [6.45, 7) is 2.00. The van der Waals surface area contributed by atoms with E-state index in [1.54, 1.807) is 19.1 Å². The highest BCUT2D eigenvalue weighted by atomic mass is 35.5. The standard InChI is InChI=1S/C10H10FNO2.ClH/c1-6-4-7(2-3-8(6)11)9-5-14-10(13)12-9;/h2-4,9H,5H2,1H3,(H,12,13);1H/t9-;/m1./s1. The third kappa shape index (κ3) is 2.39. The van der Waals surface area contributed by atoms with Gasteiger partial charge in [-0.25, -0.2) is 9.18 Å². The van der Waals surface area contributed by atoms with E-state index in [1.807, 2.05) is 0 Å². The van der Waals surface area contributed by atoms with Crippen LogP contribution in [-0.2, 0) is 4.74 Å². The molecule has 1 heterocycles. The van der Waals surface area contributed by atoms with Gasteiger partial charge in [-0.1, -0.05) is 12.1 Å². The topological polar surface area (TPSA) is 38.3 Å². The summed E-state index contributed by atoms with van der Waals surface area (Å²) in [6, 6.07) is 4.62. The Balaban J connectivity index is 0.00000112. The summed E-state index contributed by atoms with van der Waals surface area (Å²) >= 11 is 0. The second kappa shape index (κ2) is 4.49. The molecule has 1 aliphatic rings. The number of hydrogen-bond acceptors (Lipinski definition) is 2. The number of hydrogen-bond donors (Lipinski definition) is 1. The van der Waals surface area contributed by atoms with Crippen molar-refractivity contribution in [3.8, 4) is 0 Å². The van der Waals surface area contributed by atoms with Crippen LogP contribution in [-0.4, -0.2) is 12.7 Å². The first-order valence-electron chi connectivity index (χ1n) is 4.36. The van der Waals surface area contributed by atoms with Crippen LogP contribution in [0.15, 0.2) is 18.2 Å². The molecule has 1 atom stereocenters. The zero-order valence-corrected chi connectivity index (χ0v) is 8.94. The molecule has 0 saturated carbocycles. The Bertz CT molecular complexity index is 384. The van der Waals surface area contributed by atoms with Crippen molar-refractivity contribution in [2.45, 2.75) is 13.0 Å². The molecule has 1 aromatic carbocycles. The van der Waals surface area contributed by atoms with Crippen LogP contribution in [0.25, 0.3) is 0 Å². The summed E-state index contributed by atoms with van der Waals surface area (Å²) in [5.74, 6) is -0.237. The average molecular weight is 232 g/mol. The summed E-state index contributed by atoms with van der Waals surface area (Å²) in [4.78, 5) is 10.8. The summed E-state index contributed by atoms with van der Waals surface area (Å²) in [7, 11) is 0. The number of benzene rings is 1. The highest BCUT2D eigenvalue weighted by molar-refractivity contribution is 5.85. The highest BCUT2D eigenvalue weighted by Gasteiger charge is 2.23. The molecule has 82 valence electrons.